The largest absolute Gasteiger partial charge is 0.385 e. The van der Waals surface area contributed by atoms with Gasteiger partial charge in [0.2, 0.25) is 5.91 Å². The summed E-state index contributed by atoms with van der Waals surface area (Å²) in [5.74, 6) is 1.41. The van der Waals surface area contributed by atoms with E-state index in [0.29, 0.717) is 18.3 Å². The molecule has 1 fully saturated rings. The van der Waals surface area contributed by atoms with Gasteiger partial charge in [-0.05, 0) is 44.2 Å². The standard InChI is InChI=1S/C14H28N2O2/c1-12(13-6-4-7-15-11-13)10-14(17)16(2)8-5-9-18-3/h12-13,15H,4-11H2,1-3H3. The van der Waals surface area contributed by atoms with Crippen LogP contribution in [0.3, 0.4) is 0 Å². The smallest absolute Gasteiger partial charge is 0.222 e. The van der Waals surface area contributed by atoms with Gasteiger partial charge < -0.3 is 15.0 Å². The van der Waals surface area contributed by atoms with Gasteiger partial charge in [-0.25, -0.2) is 0 Å². The van der Waals surface area contributed by atoms with Crippen LogP contribution in [-0.4, -0.2) is 51.2 Å². The van der Waals surface area contributed by atoms with Crippen LogP contribution in [0.4, 0.5) is 0 Å². The first-order valence-corrected chi connectivity index (χ1v) is 7.08. The number of carbonyl (C=O) groups is 1. The summed E-state index contributed by atoms with van der Waals surface area (Å²) < 4.78 is 5.00. The van der Waals surface area contributed by atoms with Crippen LogP contribution in [0, 0.1) is 11.8 Å². The van der Waals surface area contributed by atoms with Gasteiger partial charge in [0.1, 0.15) is 0 Å². The lowest BCUT2D eigenvalue weighted by molar-refractivity contribution is -0.131. The summed E-state index contributed by atoms with van der Waals surface area (Å²) in [5, 5.41) is 3.42. The highest BCUT2D eigenvalue weighted by atomic mass is 16.5. The van der Waals surface area contributed by atoms with E-state index >= 15 is 0 Å². The summed E-state index contributed by atoms with van der Waals surface area (Å²) in [4.78, 5) is 13.9. The summed E-state index contributed by atoms with van der Waals surface area (Å²) in [7, 11) is 3.59. The lowest BCUT2D eigenvalue weighted by Gasteiger charge is -2.29. The summed E-state index contributed by atoms with van der Waals surface area (Å²) in [6.45, 7) is 5.93. The van der Waals surface area contributed by atoms with E-state index in [9.17, 15) is 4.79 Å². The summed E-state index contributed by atoms with van der Waals surface area (Å²) >= 11 is 0. The molecule has 1 N–H and O–H groups in total. The molecule has 0 spiro atoms. The third-order valence-corrected chi connectivity index (χ3v) is 3.90. The molecule has 4 nitrogen and oxygen atoms in total. The van der Waals surface area contributed by atoms with Crippen molar-refractivity contribution in [3.63, 3.8) is 0 Å². The highest BCUT2D eigenvalue weighted by molar-refractivity contribution is 5.76. The molecular formula is C14H28N2O2. The fourth-order valence-electron chi connectivity index (χ4n) is 2.53. The number of piperidine rings is 1. The molecule has 0 aromatic heterocycles. The van der Waals surface area contributed by atoms with Gasteiger partial charge in [-0.2, -0.15) is 0 Å². The van der Waals surface area contributed by atoms with Crippen molar-refractivity contribution in [3.05, 3.63) is 0 Å². The van der Waals surface area contributed by atoms with E-state index in [4.69, 9.17) is 4.74 Å². The van der Waals surface area contributed by atoms with Gasteiger partial charge in [-0.3, -0.25) is 4.79 Å². The maximum atomic E-state index is 12.1. The Balaban J connectivity index is 2.24. The first-order chi connectivity index (χ1) is 8.65. The molecule has 0 aromatic rings. The second-order valence-electron chi connectivity index (χ2n) is 5.45. The summed E-state index contributed by atoms with van der Waals surface area (Å²) in [6, 6.07) is 0. The number of methoxy groups -OCH3 is 1. The highest BCUT2D eigenvalue weighted by Crippen LogP contribution is 2.22. The van der Waals surface area contributed by atoms with Crippen LogP contribution in [0.25, 0.3) is 0 Å². The minimum absolute atomic E-state index is 0.268. The number of nitrogens with zero attached hydrogens (tertiary/aromatic N) is 1. The van der Waals surface area contributed by atoms with Crippen molar-refractivity contribution in [1.82, 2.24) is 10.2 Å². The van der Waals surface area contributed by atoms with Crippen molar-refractivity contribution in [1.29, 1.82) is 0 Å². The molecule has 1 heterocycles. The van der Waals surface area contributed by atoms with Crippen molar-refractivity contribution in [2.45, 2.75) is 32.6 Å². The Kier molecular flexibility index (Phi) is 7.28. The Morgan fingerprint density at radius 1 is 1.56 bits per heavy atom. The predicted molar refractivity (Wildman–Crippen MR) is 73.5 cm³/mol. The van der Waals surface area contributed by atoms with Crippen LogP contribution in [0.15, 0.2) is 0 Å². The Labute approximate surface area is 111 Å². The highest BCUT2D eigenvalue weighted by Gasteiger charge is 2.23. The topological polar surface area (TPSA) is 41.6 Å². The van der Waals surface area contributed by atoms with E-state index < -0.39 is 0 Å². The fourth-order valence-corrected chi connectivity index (χ4v) is 2.53. The molecule has 0 aliphatic carbocycles. The molecule has 0 aromatic carbocycles. The van der Waals surface area contributed by atoms with E-state index in [2.05, 4.69) is 12.2 Å². The Bertz CT molecular complexity index is 240. The molecule has 4 heteroatoms. The summed E-state index contributed by atoms with van der Waals surface area (Å²) in [5.41, 5.74) is 0. The number of ether oxygens (including phenoxy) is 1. The van der Waals surface area contributed by atoms with Gasteiger partial charge in [-0.1, -0.05) is 6.92 Å². The van der Waals surface area contributed by atoms with Crippen LogP contribution in [-0.2, 0) is 9.53 Å². The molecule has 2 unspecified atom stereocenters. The molecular weight excluding hydrogens is 228 g/mol. The number of nitrogens with one attached hydrogen (secondary N) is 1. The molecule has 18 heavy (non-hydrogen) atoms. The second kappa shape index (κ2) is 8.48. The lowest BCUT2D eigenvalue weighted by Crippen LogP contribution is -2.36. The Hall–Kier alpha value is -0.610. The quantitative estimate of drug-likeness (QED) is 0.702. The van der Waals surface area contributed by atoms with Crippen molar-refractivity contribution in [3.8, 4) is 0 Å². The van der Waals surface area contributed by atoms with Crippen LogP contribution in [0.1, 0.15) is 32.6 Å². The van der Waals surface area contributed by atoms with Gasteiger partial charge in [0.05, 0.1) is 0 Å². The normalized spacial score (nSPS) is 21.6. The van der Waals surface area contributed by atoms with Gasteiger partial charge in [0.15, 0.2) is 0 Å². The molecule has 1 saturated heterocycles. The number of rotatable bonds is 7. The first-order valence-electron chi connectivity index (χ1n) is 7.08. The van der Waals surface area contributed by atoms with Gasteiger partial charge >= 0.3 is 0 Å². The molecule has 0 bridgehead atoms. The molecule has 106 valence electrons. The van der Waals surface area contributed by atoms with Gasteiger partial charge in [0, 0.05) is 33.7 Å². The molecule has 0 saturated carbocycles. The second-order valence-corrected chi connectivity index (χ2v) is 5.45. The van der Waals surface area contributed by atoms with E-state index in [0.717, 1.165) is 32.7 Å². The van der Waals surface area contributed by atoms with Crippen LogP contribution >= 0.6 is 0 Å². The van der Waals surface area contributed by atoms with Crippen molar-refractivity contribution in [2.75, 3.05) is 40.4 Å². The lowest BCUT2D eigenvalue weighted by atomic mass is 9.85. The molecule has 2 atom stereocenters. The molecule has 1 aliphatic heterocycles. The van der Waals surface area contributed by atoms with E-state index in [1.54, 1.807) is 7.11 Å². The van der Waals surface area contributed by atoms with Gasteiger partial charge in [-0.15, -0.1) is 0 Å². The molecule has 1 aliphatic rings. The van der Waals surface area contributed by atoms with Crippen LogP contribution in [0.5, 0.6) is 0 Å². The zero-order valence-corrected chi connectivity index (χ0v) is 12.1. The van der Waals surface area contributed by atoms with Crippen LogP contribution in [0.2, 0.25) is 0 Å². The first kappa shape index (κ1) is 15.4. The van der Waals surface area contributed by atoms with E-state index in [-0.39, 0.29) is 5.91 Å². The number of hydrogen-bond donors (Lipinski definition) is 1. The predicted octanol–water partition coefficient (Wildman–Crippen LogP) is 1.51. The maximum Gasteiger partial charge on any atom is 0.222 e. The average Bonchev–Trinajstić information content (AvgIpc) is 2.39. The molecule has 1 amide bonds. The van der Waals surface area contributed by atoms with Crippen molar-refractivity contribution >= 4 is 5.91 Å². The zero-order chi connectivity index (χ0) is 13.4. The molecule has 0 radical (unpaired) electrons. The SMILES string of the molecule is COCCCN(C)C(=O)CC(C)C1CCCNC1. The maximum absolute atomic E-state index is 12.1. The van der Waals surface area contributed by atoms with E-state index in [1.807, 2.05) is 11.9 Å². The minimum Gasteiger partial charge on any atom is -0.385 e. The number of carbonyl (C=O) groups excluding carboxylic acids is 1. The summed E-state index contributed by atoms with van der Waals surface area (Å²) in [6.07, 6.45) is 4.09. The average molecular weight is 256 g/mol. The number of hydrogen-bond acceptors (Lipinski definition) is 3. The third kappa shape index (κ3) is 5.36. The third-order valence-electron chi connectivity index (χ3n) is 3.90. The zero-order valence-electron chi connectivity index (χ0n) is 12.1. The van der Waals surface area contributed by atoms with Gasteiger partial charge in [0.25, 0.3) is 0 Å². The number of amides is 1. The van der Waals surface area contributed by atoms with E-state index in [1.165, 1.54) is 12.8 Å². The van der Waals surface area contributed by atoms with Crippen LogP contribution < -0.4 is 5.32 Å². The Morgan fingerprint density at radius 3 is 2.94 bits per heavy atom. The minimum atomic E-state index is 0.268. The van der Waals surface area contributed by atoms with Crippen molar-refractivity contribution < 1.29 is 9.53 Å². The fraction of sp³-hybridized carbons (Fsp3) is 0.929. The Morgan fingerprint density at radius 2 is 2.33 bits per heavy atom. The van der Waals surface area contributed by atoms with Crippen molar-refractivity contribution in [2.24, 2.45) is 11.8 Å². The monoisotopic (exact) mass is 256 g/mol. The molecule has 1 rings (SSSR count).